The van der Waals surface area contributed by atoms with Gasteiger partial charge in [-0.25, -0.2) is 4.68 Å². The molecule has 0 radical (unpaired) electrons. The number of nitrogens with zero attached hydrogens (tertiary/aromatic N) is 6. The lowest BCUT2D eigenvalue weighted by Gasteiger charge is -2.09. The number of benzene rings is 2. The van der Waals surface area contributed by atoms with Crippen LogP contribution in [0.5, 0.6) is 0 Å². The van der Waals surface area contributed by atoms with Crippen molar-refractivity contribution in [2.45, 2.75) is 10.8 Å². The van der Waals surface area contributed by atoms with Gasteiger partial charge in [-0.15, -0.1) is 22.0 Å². The van der Waals surface area contributed by atoms with Crippen LogP contribution in [0.2, 0.25) is 5.02 Å². The molecule has 8 heteroatoms. The lowest BCUT2D eigenvalue weighted by molar-refractivity contribution is 0.630. The van der Waals surface area contributed by atoms with Gasteiger partial charge in [0.1, 0.15) is 5.03 Å². The lowest BCUT2D eigenvalue weighted by atomic mass is 10.2. The van der Waals surface area contributed by atoms with Crippen molar-refractivity contribution in [1.82, 2.24) is 30.0 Å². The predicted octanol–water partition coefficient (Wildman–Crippen LogP) is 4.01. The van der Waals surface area contributed by atoms with Crippen LogP contribution in [-0.2, 0) is 12.8 Å². The Hall–Kier alpha value is -2.64. The fourth-order valence-corrected chi connectivity index (χ4v) is 3.71. The summed E-state index contributed by atoms with van der Waals surface area (Å²) in [4.78, 5) is 1.45. The number of halogens is 1. The van der Waals surface area contributed by atoms with Gasteiger partial charge >= 0.3 is 0 Å². The van der Waals surface area contributed by atoms with Crippen molar-refractivity contribution in [3.8, 4) is 17.1 Å². The number of rotatable bonds is 5. The minimum atomic E-state index is 0.559. The fourth-order valence-electron chi connectivity index (χ4n) is 2.51. The van der Waals surface area contributed by atoms with Gasteiger partial charge in [-0.05, 0) is 35.0 Å². The molecule has 26 heavy (non-hydrogen) atoms. The van der Waals surface area contributed by atoms with Crippen molar-refractivity contribution >= 4 is 23.4 Å². The summed E-state index contributed by atoms with van der Waals surface area (Å²) >= 11 is 7.71. The second kappa shape index (κ2) is 7.31. The summed E-state index contributed by atoms with van der Waals surface area (Å²) in [5.74, 6) is 1.37. The molecule has 0 saturated carbocycles. The predicted molar refractivity (Wildman–Crippen MR) is 102 cm³/mol. The summed E-state index contributed by atoms with van der Waals surface area (Å²) in [6, 6.07) is 17.9. The van der Waals surface area contributed by atoms with E-state index in [-0.39, 0.29) is 0 Å². The molecule has 0 aliphatic carbocycles. The first kappa shape index (κ1) is 16.8. The molecule has 0 amide bonds. The number of aryl methyl sites for hydroxylation is 1. The van der Waals surface area contributed by atoms with Gasteiger partial charge in [0.15, 0.2) is 0 Å². The van der Waals surface area contributed by atoms with E-state index < -0.39 is 0 Å². The molecule has 4 rings (SSSR count). The van der Waals surface area contributed by atoms with Crippen LogP contribution < -0.4 is 0 Å². The number of aromatic nitrogens is 6. The van der Waals surface area contributed by atoms with Gasteiger partial charge in [0.05, 0.1) is 24.5 Å². The van der Waals surface area contributed by atoms with Crippen LogP contribution in [0.4, 0.5) is 0 Å². The van der Waals surface area contributed by atoms with Crippen LogP contribution >= 0.6 is 23.4 Å². The van der Waals surface area contributed by atoms with Crippen molar-refractivity contribution in [2.75, 3.05) is 0 Å². The molecule has 2 aromatic carbocycles. The first-order valence-electron chi connectivity index (χ1n) is 7.96. The Morgan fingerprint density at radius 3 is 2.50 bits per heavy atom. The zero-order chi connectivity index (χ0) is 17.9. The molecule has 0 N–H and O–H groups in total. The molecule has 6 nitrogen and oxygen atoms in total. The highest BCUT2D eigenvalue weighted by atomic mass is 35.5. The monoisotopic (exact) mass is 382 g/mol. The maximum Gasteiger partial charge on any atom is 0.209 e. The standard InChI is InChI=1S/C18H15ClN6S/c1-24-22-17(21-23-24)16-11-20-25(15-9-7-14(19)8-10-15)18(16)26-12-13-5-3-2-4-6-13/h2-11H,12H2,1H3. The van der Waals surface area contributed by atoms with Crippen molar-refractivity contribution in [1.29, 1.82) is 0 Å². The van der Waals surface area contributed by atoms with Gasteiger partial charge in [0, 0.05) is 10.8 Å². The summed E-state index contributed by atoms with van der Waals surface area (Å²) in [7, 11) is 1.75. The lowest BCUT2D eigenvalue weighted by Crippen LogP contribution is -1.99. The minimum Gasteiger partial charge on any atom is -0.226 e. The molecule has 0 fully saturated rings. The third-order valence-corrected chi connectivity index (χ3v) is 5.16. The molecular weight excluding hydrogens is 368 g/mol. The minimum absolute atomic E-state index is 0.559. The van der Waals surface area contributed by atoms with E-state index in [1.807, 2.05) is 47.1 Å². The molecule has 130 valence electrons. The number of tetrazole rings is 1. The smallest absolute Gasteiger partial charge is 0.209 e. The van der Waals surface area contributed by atoms with E-state index in [4.69, 9.17) is 11.6 Å². The summed E-state index contributed by atoms with van der Waals surface area (Å²) in [6.07, 6.45) is 1.78. The Bertz CT molecular complexity index is 1010. The van der Waals surface area contributed by atoms with Gasteiger partial charge in [0.25, 0.3) is 0 Å². The van der Waals surface area contributed by atoms with Crippen LogP contribution in [-0.4, -0.2) is 30.0 Å². The quantitative estimate of drug-likeness (QED) is 0.488. The summed E-state index contributed by atoms with van der Waals surface area (Å²) < 4.78 is 1.88. The third kappa shape index (κ3) is 3.49. The summed E-state index contributed by atoms with van der Waals surface area (Å²) in [6.45, 7) is 0. The maximum atomic E-state index is 6.02. The summed E-state index contributed by atoms with van der Waals surface area (Å²) in [5.41, 5.74) is 3.02. The van der Waals surface area contributed by atoms with Crippen LogP contribution in [0, 0.1) is 0 Å². The normalized spacial score (nSPS) is 11.0. The topological polar surface area (TPSA) is 61.4 Å². The van der Waals surface area contributed by atoms with Crippen LogP contribution in [0.1, 0.15) is 5.56 Å². The molecule has 0 saturated heterocycles. The maximum absolute atomic E-state index is 6.02. The van der Waals surface area contributed by atoms with Crippen molar-refractivity contribution in [2.24, 2.45) is 7.05 Å². The zero-order valence-electron chi connectivity index (χ0n) is 14.0. The van der Waals surface area contributed by atoms with Gasteiger partial charge in [-0.1, -0.05) is 41.9 Å². The molecule has 0 aliphatic rings. The van der Waals surface area contributed by atoms with E-state index >= 15 is 0 Å². The van der Waals surface area contributed by atoms with Gasteiger partial charge in [0.2, 0.25) is 5.82 Å². The Kier molecular flexibility index (Phi) is 4.73. The first-order chi connectivity index (χ1) is 12.7. The fraction of sp³-hybridized carbons (Fsp3) is 0.111. The number of thioether (sulfide) groups is 1. The van der Waals surface area contributed by atoms with E-state index in [2.05, 4.69) is 32.6 Å². The first-order valence-corrected chi connectivity index (χ1v) is 9.32. The van der Waals surface area contributed by atoms with Crippen LogP contribution in [0.25, 0.3) is 17.1 Å². The van der Waals surface area contributed by atoms with Crippen molar-refractivity contribution < 1.29 is 0 Å². The van der Waals surface area contributed by atoms with E-state index in [9.17, 15) is 0 Å². The second-order valence-electron chi connectivity index (χ2n) is 5.63. The van der Waals surface area contributed by atoms with Crippen molar-refractivity contribution in [3.05, 3.63) is 71.4 Å². The zero-order valence-corrected chi connectivity index (χ0v) is 15.5. The second-order valence-corrected chi connectivity index (χ2v) is 7.03. The highest BCUT2D eigenvalue weighted by Crippen LogP contribution is 2.33. The third-order valence-electron chi connectivity index (χ3n) is 3.76. The van der Waals surface area contributed by atoms with Gasteiger partial charge in [-0.3, -0.25) is 0 Å². The number of hydrogen-bond donors (Lipinski definition) is 0. The van der Waals surface area contributed by atoms with Crippen molar-refractivity contribution in [3.63, 3.8) is 0 Å². The SMILES string of the molecule is Cn1nnc(-c2cnn(-c3ccc(Cl)cc3)c2SCc2ccccc2)n1. The van der Waals surface area contributed by atoms with E-state index in [1.165, 1.54) is 10.4 Å². The number of hydrogen-bond acceptors (Lipinski definition) is 5. The average molecular weight is 383 g/mol. The Morgan fingerprint density at radius 1 is 1.04 bits per heavy atom. The van der Waals surface area contributed by atoms with E-state index in [0.29, 0.717) is 10.8 Å². The summed E-state index contributed by atoms with van der Waals surface area (Å²) in [5, 5.41) is 18.6. The molecule has 2 aromatic heterocycles. The molecule has 2 heterocycles. The Balaban J connectivity index is 1.74. The molecule has 0 spiro atoms. The average Bonchev–Trinajstić information content (AvgIpc) is 3.27. The molecular formula is C18H15ClN6S. The molecule has 4 aromatic rings. The molecule has 0 aliphatic heterocycles. The highest BCUT2D eigenvalue weighted by Gasteiger charge is 2.18. The van der Waals surface area contributed by atoms with Crippen LogP contribution in [0.3, 0.4) is 0 Å². The van der Waals surface area contributed by atoms with E-state index in [0.717, 1.165) is 22.0 Å². The Labute approximate surface area is 159 Å². The van der Waals surface area contributed by atoms with Crippen LogP contribution in [0.15, 0.2) is 65.8 Å². The van der Waals surface area contributed by atoms with Gasteiger partial charge in [-0.2, -0.15) is 9.90 Å². The largest absolute Gasteiger partial charge is 0.226 e. The Morgan fingerprint density at radius 2 is 1.81 bits per heavy atom. The van der Waals surface area contributed by atoms with E-state index in [1.54, 1.807) is 25.0 Å². The highest BCUT2D eigenvalue weighted by molar-refractivity contribution is 7.98. The van der Waals surface area contributed by atoms with Gasteiger partial charge < -0.3 is 0 Å². The molecule has 0 atom stereocenters. The molecule has 0 unspecified atom stereocenters. The molecule has 0 bridgehead atoms.